The Kier molecular flexibility index (Phi) is 7.25. The van der Waals surface area contributed by atoms with Crippen LogP contribution < -0.4 is 9.46 Å². The number of rotatable bonds is 7. The van der Waals surface area contributed by atoms with Crippen LogP contribution in [0.4, 0.5) is 5.95 Å². The fourth-order valence-corrected chi connectivity index (χ4v) is 5.30. The lowest BCUT2D eigenvalue weighted by atomic mass is 9.90. The Hall–Kier alpha value is -3.36. The fraction of sp³-hybridized carbons (Fsp3) is 0.321. The summed E-state index contributed by atoms with van der Waals surface area (Å²) >= 11 is 1.42. The van der Waals surface area contributed by atoms with Gasteiger partial charge in [0.15, 0.2) is 0 Å². The first-order chi connectivity index (χ1) is 17.4. The Morgan fingerprint density at radius 3 is 2.36 bits per heavy atom. The number of piperidine rings is 1. The van der Waals surface area contributed by atoms with Gasteiger partial charge in [0.2, 0.25) is 11.8 Å². The third kappa shape index (κ3) is 5.71. The zero-order chi connectivity index (χ0) is 25.1. The molecule has 1 N–H and O–H groups in total. The minimum atomic E-state index is 0.488. The van der Waals surface area contributed by atoms with E-state index in [2.05, 4.69) is 70.9 Å². The minimum absolute atomic E-state index is 0.488. The van der Waals surface area contributed by atoms with Gasteiger partial charge in [-0.05, 0) is 93.5 Å². The maximum atomic E-state index is 6.25. The van der Waals surface area contributed by atoms with E-state index in [-0.39, 0.29) is 0 Å². The van der Waals surface area contributed by atoms with E-state index in [1.165, 1.54) is 30.4 Å². The maximum absolute atomic E-state index is 6.25. The van der Waals surface area contributed by atoms with Gasteiger partial charge in [0.25, 0.3) is 0 Å². The third-order valence-corrected chi connectivity index (χ3v) is 7.40. The molecule has 0 atom stereocenters. The van der Waals surface area contributed by atoms with Crippen molar-refractivity contribution in [2.75, 3.05) is 24.9 Å². The largest absolute Gasteiger partial charge is 0.439 e. The van der Waals surface area contributed by atoms with Crippen LogP contribution in [0.3, 0.4) is 0 Å². The summed E-state index contributed by atoms with van der Waals surface area (Å²) in [5.41, 5.74) is 5.62. The van der Waals surface area contributed by atoms with E-state index in [0.717, 1.165) is 46.1 Å². The van der Waals surface area contributed by atoms with Crippen LogP contribution in [-0.4, -0.2) is 44.8 Å². The van der Waals surface area contributed by atoms with Gasteiger partial charge in [-0.25, -0.2) is 4.98 Å². The summed E-state index contributed by atoms with van der Waals surface area (Å²) in [6.45, 7) is 6.50. The number of anilines is 1. The number of hydrogen-bond acceptors (Lipinski definition) is 7. The lowest BCUT2D eigenvalue weighted by Gasteiger charge is -2.29. The van der Waals surface area contributed by atoms with Crippen molar-refractivity contribution >= 4 is 17.9 Å². The predicted octanol–water partition coefficient (Wildman–Crippen LogP) is 6.21. The molecule has 2 aromatic carbocycles. The number of nitrogens with zero attached hydrogens (tertiary/aromatic N) is 5. The molecule has 0 amide bonds. The first-order valence-electron chi connectivity index (χ1n) is 12.3. The molecule has 0 bridgehead atoms. The highest BCUT2D eigenvalue weighted by Crippen LogP contribution is 2.33. The Morgan fingerprint density at radius 1 is 0.972 bits per heavy atom. The highest BCUT2D eigenvalue weighted by molar-refractivity contribution is 8.00. The second-order valence-electron chi connectivity index (χ2n) is 9.48. The van der Waals surface area contributed by atoms with E-state index < -0.39 is 0 Å². The minimum Gasteiger partial charge on any atom is -0.439 e. The van der Waals surface area contributed by atoms with Gasteiger partial charge in [0, 0.05) is 24.9 Å². The quantitative estimate of drug-likeness (QED) is 0.302. The van der Waals surface area contributed by atoms with Crippen molar-refractivity contribution in [1.82, 2.24) is 24.6 Å². The highest BCUT2D eigenvalue weighted by Gasteiger charge is 2.18. The monoisotopic (exact) mass is 500 g/mol. The smallest absolute Gasteiger partial charge is 0.237 e. The first kappa shape index (κ1) is 24.3. The van der Waals surface area contributed by atoms with Crippen molar-refractivity contribution in [2.45, 2.75) is 37.5 Å². The van der Waals surface area contributed by atoms with Crippen molar-refractivity contribution in [3.63, 3.8) is 0 Å². The van der Waals surface area contributed by atoms with Crippen LogP contribution >= 0.6 is 11.9 Å². The van der Waals surface area contributed by atoms with Gasteiger partial charge in [0.05, 0.1) is 16.8 Å². The average Bonchev–Trinajstić information content (AvgIpc) is 3.29. The summed E-state index contributed by atoms with van der Waals surface area (Å²) in [6, 6.07) is 16.7. The topological polar surface area (TPSA) is 68.1 Å². The van der Waals surface area contributed by atoms with Crippen molar-refractivity contribution in [3.8, 4) is 22.9 Å². The molecule has 1 saturated heterocycles. The zero-order valence-electron chi connectivity index (χ0n) is 21.2. The molecule has 0 saturated carbocycles. The van der Waals surface area contributed by atoms with Gasteiger partial charge in [-0.15, -0.1) is 0 Å². The molecule has 0 unspecified atom stereocenters. The zero-order valence-corrected chi connectivity index (χ0v) is 22.0. The van der Waals surface area contributed by atoms with E-state index in [0.29, 0.717) is 17.7 Å². The van der Waals surface area contributed by atoms with E-state index in [1.54, 1.807) is 10.9 Å². The standard InChI is InChI=1S/C28H32N6OS/c1-19-6-5-7-20(2)27(19)25-16-26(31-28(30-25)32-36-24-17-29-34(4)18-24)35-23-10-8-21(9-11-23)22-12-14-33(3)15-13-22/h5-11,16-18,22H,12-15H2,1-4H3,(H,30,31,32). The first-order valence-corrected chi connectivity index (χ1v) is 13.1. The van der Waals surface area contributed by atoms with Crippen molar-refractivity contribution < 1.29 is 4.74 Å². The van der Waals surface area contributed by atoms with E-state index >= 15 is 0 Å². The van der Waals surface area contributed by atoms with Crippen LogP contribution in [0.25, 0.3) is 11.3 Å². The predicted molar refractivity (Wildman–Crippen MR) is 146 cm³/mol. The summed E-state index contributed by atoms with van der Waals surface area (Å²) < 4.78 is 11.3. The molecule has 1 fully saturated rings. The third-order valence-electron chi connectivity index (χ3n) is 6.67. The molecule has 1 aliphatic rings. The molecule has 8 heteroatoms. The second kappa shape index (κ2) is 10.7. The van der Waals surface area contributed by atoms with Crippen LogP contribution in [0.2, 0.25) is 0 Å². The number of likely N-dealkylation sites (tertiary alicyclic amines) is 1. The Bertz CT molecular complexity index is 1310. The van der Waals surface area contributed by atoms with Crippen LogP contribution in [-0.2, 0) is 7.05 Å². The van der Waals surface area contributed by atoms with Crippen LogP contribution in [0, 0.1) is 13.8 Å². The number of ether oxygens (including phenoxy) is 1. The summed E-state index contributed by atoms with van der Waals surface area (Å²) in [5.74, 6) is 2.37. The molecule has 7 nitrogen and oxygen atoms in total. The lowest BCUT2D eigenvalue weighted by Crippen LogP contribution is -2.29. The van der Waals surface area contributed by atoms with E-state index in [9.17, 15) is 0 Å². The number of aryl methyl sites for hydroxylation is 3. The summed E-state index contributed by atoms with van der Waals surface area (Å²) in [6.07, 6.45) is 6.14. The molecule has 186 valence electrons. The van der Waals surface area contributed by atoms with Crippen molar-refractivity contribution in [1.29, 1.82) is 0 Å². The molecule has 0 aliphatic carbocycles. The van der Waals surface area contributed by atoms with Gasteiger partial charge in [-0.3, -0.25) is 9.40 Å². The molecular weight excluding hydrogens is 468 g/mol. The molecule has 5 rings (SSSR count). The van der Waals surface area contributed by atoms with E-state index in [4.69, 9.17) is 9.72 Å². The summed E-state index contributed by atoms with van der Waals surface area (Å²) in [4.78, 5) is 12.8. The molecular formula is C28H32N6OS. The van der Waals surface area contributed by atoms with Crippen molar-refractivity contribution in [3.05, 3.63) is 77.6 Å². The normalized spacial score (nSPS) is 14.7. The van der Waals surface area contributed by atoms with Crippen molar-refractivity contribution in [2.24, 2.45) is 7.05 Å². The molecule has 1 aliphatic heterocycles. The van der Waals surface area contributed by atoms with Gasteiger partial charge in [0.1, 0.15) is 5.75 Å². The average molecular weight is 501 g/mol. The second-order valence-corrected chi connectivity index (χ2v) is 10.4. The fourth-order valence-electron chi connectivity index (χ4n) is 4.70. The van der Waals surface area contributed by atoms with Crippen LogP contribution in [0.15, 0.2) is 65.8 Å². The van der Waals surface area contributed by atoms with Gasteiger partial charge in [-0.1, -0.05) is 30.3 Å². The Balaban J connectivity index is 1.40. The maximum Gasteiger partial charge on any atom is 0.237 e. The molecule has 0 radical (unpaired) electrons. The number of benzene rings is 2. The van der Waals surface area contributed by atoms with Gasteiger partial charge < -0.3 is 9.64 Å². The number of hydrogen-bond donors (Lipinski definition) is 1. The van der Waals surface area contributed by atoms with Gasteiger partial charge in [-0.2, -0.15) is 10.1 Å². The number of aromatic nitrogens is 4. The highest BCUT2D eigenvalue weighted by atomic mass is 32.2. The SMILES string of the molecule is Cc1cccc(C)c1-c1cc(Oc2ccc(C3CCN(C)CC3)cc2)nc(NSc2cnn(C)c2)n1. The van der Waals surface area contributed by atoms with E-state index in [1.807, 2.05) is 31.4 Å². The lowest BCUT2D eigenvalue weighted by molar-refractivity contribution is 0.255. The molecule has 0 spiro atoms. The summed E-state index contributed by atoms with van der Waals surface area (Å²) in [7, 11) is 4.09. The Morgan fingerprint density at radius 2 is 1.69 bits per heavy atom. The molecule has 2 aromatic heterocycles. The van der Waals surface area contributed by atoms with Crippen LogP contribution in [0.5, 0.6) is 11.6 Å². The van der Waals surface area contributed by atoms with Gasteiger partial charge >= 0.3 is 0 Å². The molecule has 4 aromatic rings. The number of nitrogens with one attached hydrogen (secondary N) is 1. The Labute approximate surface area is 217 Å². The van der Waals surface area contributed by atoms with Crippen LogP contribution in [0.1, 0.15) is 35.4 Å². The summed E-state index contributed by atoms with van der Waals surface area (Å²) in [5, 5.41) is 4.22. The molecule has 36 heavy (non-hydrogen) atoms. The molecule has 3 heterocycles.